The molecule has 19 heavy (non-hydrogen) atoms. The summed E-state index contributed by atoms with van der Waals surface area (Å²) in [6, 6.07) is 9.23. The van der Waals surface area contributed by atoms with Gasteiger partial charge in [-0.15, -0.1) is 34.2 Å². The van der Waals surface area contributed by atoms with Crippen molar-refractivity contribution in [3.8, 4) is 5.75 Å². The minimum Gasteiger partial charge on any atom is -0.505 e. The fourth-order valence-corrected chi connectivity index (χ4v) is 2.55. The van der Waals surface area contributed by atoms with Gasteiger partial charge in [-0.2, -0.15) is 0 Å². The molecular weight excluding hydrogens is 278 g/mol. The number of aromatic hydroxyl groups is 1. The summed E-state index contributed by atoms with van der Waals surface area (Å²) < 4.78 is 0. The number of benzene rings is 2. The first-order chi connectivity index (χ1) is 9.25. The summed E-state index contributed by atoms with van der Waals surface area (Å²) in [7, 11) is 0. The van der Waals surface area contributed by atoms with E-state index in [2.05, 4.69) is 27.8 Å². The summed E-state index contributed by atoms with van der Waals surface area (Å²) >= 11 is 5.74. The van der Waals surface area contributed by atoms with E-state index in [1.807, 2.05) is 29.6 Å². The number of azo groups is 1. The predicted molar refractivity (Wildman–Crippen MR) is 79.2 cm³/mol. The molecule has 0 amide bonds. The molecule has 6 heteroatoms. The van der Waals surface area contributed by atoms with Crippen LogP contribution >= 0.6 is 24.0 Å². The van der Waals surface area contributed by atoms with Gasteiger partial charge in [0.15, 0.2) is 5.75 Å². The molecule has 0 spiro atoms. The first-order valence-electron chi connectivity index (χ1n) is 5.50. The molecule has 0 aliphatic carbocycles. The smallest absolute Gasteiger partial charge is 0.229 e. The molecule has 0 aliphatic rings. The third-order valence-corrected chi connectivity index (χ3v) is 3.67. The van der Waals surface area contributed by atoms with Crippen LogP contribution in [0.4, 0.5) is 10.8 Å². The maximum absolute atomic E-state index is 10.2. The van der Waals surface area contributed by atoms with E-state index in [-0.39, 0.29) is 5.75 Å². The summed E-state index contributed by atoms with van der Waals surface area (Å²) in [6.07, 6.45) is 1.66. The first-order valence-corrected chi connectivity index (χ1v) is 6.83. The SMILES string of the molecule is Oc1c(N=Nc2nccs2)ccc2cccc(S)c12. The average Bonchev–Trinajstić information content (AvgIpc) is 2.91. The number of nitrogens with zero attached hydrogens (tertiary/aromatic N) is 3. The second kappa shape index (κ2) is 4.99. The highest BCUT2D eigenvalue weighted by molar-refractivity contribution is 7.80. The lowest BCUT2D eigenvalue weighted by Gasteiger charge is -2.05. The molecule has 3 rings (SSSR count). The maximum Gasteiger partial charge on any atom is 0.229 e. The molecule has 0 atom stereocenters. The number of thiol groups is 1. The Labute approximate surface area is 118 Å². The van der Waals surface area contributed by atoms with Crippen molar-refractivity contribution in [3.05, 3.63) is 41.9 Å². The third-order valence-electron chi connectivity index (χ3n) is 2.64. The number of aromatic nitrogens is 1. The summed E-state index contributed by atoms with van der Waals surface area (Å²) in [4.78, 5) is 4.71. The number of phenolic OH excluding ortho intramolecular Hbond substituents is 1. The molecule has 0 saturated heterocycles. The maximum atomic E-state index is 10.2. The molecule has 1 N–H and O–H groups in total. The van der Waals surface area contributed by atoms with Gasteiger partial charge in [0, 0.05) is 21.9 Å². The highest BCUT2D eigenvalue weighted by atomic mass is 32.1. The van der Waals surface area contributed by atoms with Crippen LogP contribution in [0.25, 0.3) is 10.8 Å². The number of thiazole rings is 1. The Hall–Kier alpha value is -1.92. The van der Waals surface area contributed by atoms with E-state index < -0.39 is 0 Å². The highest BCUT2D eigenvalue weighted by Gasteiger charge is 2.08. The molecule has 0 bridgehead atoms. The molecule has 1 aromatic heterocycles. The van der Waals surface area contributed by atoms with Crippen molar-refractivity contribution in [3.63, 3.8) is 0 Å². The lowest BCUT2D eigenvalue weighted by Crippen LogP contribution is -1.77. The van der Waals surface area contributed by atoms with Crippen LogP contribution in [0.1, 0.15) is 0 Å². The van der Waals surface area contributed by atoms with Gasteiger partial charge in [0.2, 0.25) is 5.13 Å². The van der Waals surface area contributed by atoms with E-state index in [0.717, 1.165) is 5.39 Å². The molecule has 3 aromatic rings. The largest absolute Gasteiger partial charge is 0.505 e. The Morgan fingerprint density at radius 2 is 2.05 bits per heavy atom. The molecule has 0 fully saturated rings. The van der Waals surface area contributed by atoms with Crippen molar-refractivity contribution < 1.29 is 5.11 Å². The second-order valence-corrected chi connectivity index (χ2v) is 5.18. The van der Waals surface area contributed by atoms with E-state index in [9.17, 15) is 5.11 Å². The minimum atomic E-state index is 0.0865. The van der Waals surface area contributed by atoms with Crippen LogP contribution < -0.4 is 0 Å². The van der Waals surface area contributed by atoms with Crippen LogP contribution in [-0.2, 0) is 0 Å². The summed E-state index contributed by atoms with van der Waals surface area (Å²) in [5.74, 6) is 0.0865. The fraction of sp³-hybridized carbons (Fsp3) is 0. The van der Waals surface area contributed by atoms with Crippen LogP contribution in [-0.4, -0.2) is 10.1 Å². The van der Waals surface area contributed by atoms with E-state index >= 15 is 0 Å². The van der Waals surface area contributed by atoms with Gasteiger partial charge in [-0.3, -0.25) is 0 Å². The summed E-state index contributed by atoms with van der Waals surface area (Å²) in [5.41, 5.74) is 0.407. The lowest BCUT2D eigenvalue weighted by molar-refractivity contribution is 0.482. The molecular formula is C13H9N3OS2. The van der Waals surface area contributed by atoms with Crippen molar-refractivity contribution in [2.24, 2.45) is 10.2 Å². The molecule has 0 aliphatic heterocycles. The van der Waals surface area contributed by atoms with Crippen LogP contribution in [0.3, 0.4) is 0 Å². The Morgan fingerprint density at radius 3 is 2.84 bits per heavy atom. The van der Waals surface area contributed by atoms with Crippen LogP contribution in [0.5, 0.6) is 5.75 Å². The molecule has 94 valence electrons. The van der Waals surface area contributed by atoms with Gasteiger partial charge in [0.25, 0.3) is 0 Å². The van der Waals surface area contributed by atoms with E-state index in [4.69, 9.17) is 0 Å². The predicted octanol–water partition coefficient (Wildman–Crippen LogP) is 4.71. The van der Waals surface area contributed by atoms with Gasteiger partial charge in [-0.05, 0) is 17.5 Å². The zero-order chi connectivity index (χ0) is 13.2. The van der Waals surface area contributed by atoms with Gasteiger partial charge in [0.05, 0.1) is 0 Å². The standard InChI is InChI=1S/C13H9N3OS2/c17-12-9(15-16-13-14-6-7-19-13)5-4-8-2-1-3-10(18)11(8)12/h1-7,17-18H. The quantitative estimate of drug-likeness (QED) is 0.530. The van der Waals surface area contributed by atoms with Crippen molar-refractivity contribution in [1.82, 2.24) is 4.98 Å². The van der Waals surface area contributed by atoms with Crippen LogP contribution in [0.2, 0.25) is 0 Å². The normalized spacial score (nSPS) is 11.4. The Balaban J connectivity index is 2.10. The Kier molecular flexibility index (Phi) is 3.18. The van der Waals surface area contributed by atoms with Gasteiger partial charge >= 0.3 is 0 Å². The van der Waals surface area contributed by atoms with Gasteiger partial charge < -0.3 is 5.11 Å². The molecule has 2 aromatic carbocycles. The number of hydrogen-bond acceptors (Lipinski definition) is 6. The van der Waals surface area contributed by atoms with Crippen LogP contribution in [0, 0.1) is 0 Å². The van der Waals surface area contributed by atoms with Gasteiger partial charge in [-0.25, -0.2) is 4.98 Å². The first kappa shape index (κ1) is 12.1. The van der Waals surface area contributed by atoms with Gasteiger partial charge in [0.1, 0.15) is 5.69 Å². The second-order valence-electron chi connectivity index (χ2n) is 3.82. The van der Waals surface area contributed by atoms with Crippen LogP contribution in [0.15, 0.2) is 57.0 Å². The number of phenols is 1. The highest BCUT2D eigenvalue weighted by Crippen LogP contribution is 2.38. The molecule has 0 saturated carbocycles. The summed E-state index contributed by atoms with van der Waals surface area (Å²) in [6.45, 7) is 0. The minimum absolute atomic E-state index is 0.0865. The lowest BCUT2D eigenvalue weighted by atomic mass is 10.1. The van der Waals surface area contributed by atoms with Crippen molar-refractivity contribution in [1.29, 1.82) is 0 Å². The van der Waals surface area contributed by atoms with Crippen molar-refractivity contribution >= 4 is 45.6 Å². The topological polar surface area (TPSA) is 57.8 Å². The monoisotopic (exact) mass is 287 g/mol. The van der Waals surface area contributed by atoms with Gasteiger partial charge in [-0.1, -0.05) is 18.2 Å². The van der Waals surface area contributed by atoms with Crippen molar-refractivity contribution in [2.45, 2.75) is 4.90 Å². The van der Waals surface area contributed by atoms with E-state index in [1.165, 1.54) is 11.3 Å². The van der Waals surface area contributed by atoms with Crippen molar-refractivity contribution in [2.75, 3.05) is 0 Å². The number of hydrogen-bond donors (Lipinski definition) is 2. The summed E-state index contributed by atoms with van der Waals surface area (Å²) in [5, 5.41) is 22.2. The molecule has 0 unspecified atom stereocenters. The molecule has 1 heterocycles. The zero-order valence-corrected chi connectivity index (χ0v) is 11.4. The van der Waals surface area contributed by atoms with E-state index in [1.54, 1.807) is 12.3 Å². The Bertz CT molecular complexity index is 754. The fourth-order valence-electron chi connectivity index (χ4n) is 1.77. The third kappa shape index (κ3) is 2.32. The molecule has 4 nitrogen and oxygen atoms in total. The number of rotatable bonds is 2. The molecule has 0 radical (unpaired) electrons. The average molecular weight is 287 g/mol. The van der Waals surface area contributed by atoms with E-state index in [0.29, 0.717) is 21.1 Å². The zero-order valence-electron chi connectivity index (χ0n) is 9.69. The number of fused-ring (bicyclic) bond motifs is 1. The Morgan fingerprint density at radius 1 is 1.16 bits per heavy atom.